The molecular weight excluding hydrogens is 204 g/mol. The van der Waals surface area contributed by atoms with E-state index in [0.717, 1.165) is 6.42 Å². The first kappa shape index (κ1) is 13.0. The van der Waals surface area contributed by atoms with E-state index in [2.05, 4.69) is 12.2 Å². The zero-order valence-electron chi connectivity index (χ0n) is 10.6. The molecule has 1 saturated heterocycles. The maximum atomic E-state index is 11.8. The summed E-state index contributed by atoms with van der Waals surface area (Å²) in [5.74, 6) is -0.0451. The molecule has 1 aliphatic heterocycles. The highest BCUT2D eigenvalue weighted by Gasteiger charge is 2.36. The number of amides is 2. The van der Waals surface area contributed by atoms with E-state index >= 15 is 0 Å². The minimum Gasteiger partial charge on any atom is -0.354 e. The molecule has 16 heavy (non-hydrogen) atoms. The van der Waals surface area contributed by atoms with Crippen molar-refractivity contribution < 1.29 is 9.59 Å². The molecule has 1 fully saturated rings. The van der Waals surface area contributed by atoms with Crippen molar-refractivity contribution in [2.75, 3.05) is 6.54 Å². The lowest BCUT2D eigenvalue weighted by Gasteiger charge is -2.23. The highest BCUT2D eigenvalue weighted by molar-refractivity contribution is 5.89. The van der Waals surface area contributed by atoms with E-state index in [4.69, 9.17) is 0 Å². The van der Waals surface area contributed by atoms with Gasteiger partial charge in [0, 0.05) is 25.0 Å². The highest BCUT2D eigenvalue weighted by atomic mass is 16.2. The van der Waals surface area contributed by atoms with E-state index in [9.17, 15) is 9.59 Å². The topological polar surface area (TPSA) is 49.4 Å². The Hall–Kier alpha value is -1.06. The molecule has 1 rings (SSSR count). The van der Waals surface area contributed by atoms with Crippen LogP contribution in [0.25, 0.3) is 0 Å². The average Bonchev–Trinajstić information content (AvgIpc) is 2.58. The summed E-state index contributed by atoms with van der Waals surface area (Å²) >= 11 is 0. The molecule has 1 aliphatic rings. The fraction of sp³-hybridized carbons (Fsp3) is 0.833. The second-order valence-electron chi connectivity index (χ2n) is 4.87. The molecule has 2 unspecified atom stereocenters. The van der Waals surface area contributed by atoms with Gasteiger partial charge in [0.1, 0.15) is 0 Å². The van der Waals surface area contributed by atoms with Gasteiger partial charge in [0.2, 0.25) is 11.8 Å². The standard InChI is InChI=1S/C12H22N2O2/c1-5-9(4)14-7-10(6-11(14)15)12(16)13-8(2)3/h8-10H,5-7H2,1-4H3,(H,13,16). The normalized spacial score (nSPS) is 22.7. The summed E-state index contributed by atoms with van der Waals surface area (Å²) in [5, 5.41) is 2.86. The van der Waals surface area contributed by atoms with Gasteiger partial charge in [-0.1, -0.05) is 6.92 Å². The van der Waals surface area contributed by atoms with Crippen LogP contribution in [0.1, 0.15) is 40.5 Å². The van der Waals surface area contributed by atoms with Crippen molar-refractivity contribution >= 4 is 11.8 Å². The Kier molecular flexibility index (Phi) is 4.33. The molecule has 0 radical (unpaired) electrons. The van der Waals surface area contributed by atoms with Crippen LogP contribution in [0.4, 0.5) is 0 Å². The Morgan fingerprint density at radius 3 is 2.62 bits per heavy atom. The molecule has 1 N–H and O–H groups in total. The van der Waals surface area contributed by atoms with Crippen LogP contribution in [0, 0.1) is 5.92 Å². The van der Waals surface area contributed by atoms with Crippen LogP contribution >= 0.6 is 0 Å². The molecule has 0 saturated carbocycles. The maximum Gasteiger partial charge on any atom is 0.225 e. The summed E-state index contributed by atoms with van der Waals surface area (Å²) in [6.45, 7) is 8.52. The van der Waals surface area contributed by atoms with E-state index in [1.165, 1.54) is 0 Å². The second-order valence-corrected chi connectivity index (χ2v) is 4.87. The molecular formula is C12H22N2O2. The number of rotatable bonds is 4. The van der Waals surface area contributed by atoms with Crippen molar-refractivity contribution in [1.82, 2.24) is 10.2 Å². The summed E-state index contributed by atoms with van der Waals surface area (Å²) in [5.41, 5.74) is 0. The number of nitrogens with zero attached hydrogens (tertiary/aromatic N) is 1. The van der Waals surface area contributed by atoms with Gasteiger partial charge in [0.15, 0.2) is 0 Å². The van der Waals surface area contributed by atoms with Crippen molar-refractivity contribution in [3.8, 4) is 0 Å². The Morgan fingerprint density at radius 2 is 2.12 bits per heavy atom. The first-order chi connectivity index (χ1) is 7.45. The lowest BCUT2D eigenvalue weighted by atomic mass is 10.1. The van der Waals surface area contributed by atoms with Gasteiger partial charge in [-0.2, -0.15) is 0 Å². The van der Waals surface area contributed by atoms with Gasteiger partial charge in [-0.25, -0.2) is 0 Å². The van der Waals surface area contributed by atoms with E-state index in [0.29, 0.717) is 13.0 Å². The third-order valence-electron chi connectivity index (χ3n) is 3.08. The average molecular weight is 226 g/mol. The first-order valence-corrected chi connectivity index (χ1v) is 6.05. The van der Waals surface area contributed by atoms with Gasteiger partial charge in [-0.05, 0) is 27.2 Å². The van der Waals surface area contributed by atoms with E-state index < -0.39 is 0 Å². The number of carbonyl (C=O) groups is 2. The summed E-state index contributed by atoms with van der Waals surface area (Å²) in [6, 6.07) is 0.379. The van der Waals surface area contributed by atoms with Gasteiger partial charge in [-0.15, -0.1) is 0 Å². The summed E-state index contributed by atoms with van der Waals surface area (Å²) < 4.78 is 0. The van der Waals surface area contributed by atoms with Crippen LogP contribution in [0.5, 0.6) is 0 Å². The molecule has 2 amide bonds. The molecule has 0 aliphatic carbocycles. The van der Waals surface area contributed by atoms with Gasteiger partial charge in [-0.3, -0.25) is 9.59 Å². The molecule has 0 aromatic rings. The van der Waals surface area contributed by atoms with Crippen LogP contribution in [-0.2, 0) is 9.59 Å². The number of carbonyl (C=O) groups excluding carboxylic acids is 2. The van der Waals surface area contributed by atoms with Crippen LogP contribution in [0.2, 0.25) is 0 Å². The van der Waals surface area contributed by atoms with Gasteiger partial charge >= 0.3 is 0 Å². The largest absolute Gasteiger partial charge is 0.354 e. The van der Waals surface area contributed by atoms with Crippen molar-refractivity contribution in [2.24, 2.45) is 5.92 Å². The Labute approximate surface area is 97.4 Å². The smallest absolute Gasteiger partial charge is 0.225 e. The minimum absolute atomic E-state index is 0.00848. The van der Waals surface area contributed by atoms with Crippen molar-refractivity contribution in [3.05, 3.63) is 0 Å². The highest BCUT2D eigenvalue weighted by Crippen LogP contribution is 2.21. The molecule has 1 heterocycles. The first-order valence-electron chi connectivity index (χ1n) is 6.05. The van der Waals surface area contributed by atoms with E-state index in [1.54, 1.807) is 0 Å². The molecule has 0 aromatic carbocycles. The molecule has 4 nitrogen and oxygen atoms in total. The minimum atomic E-state index is -0.163. The van der Waals surface area contributed by atoms with Crippen LogP contribution in [0.15, 0.2) is 0 Å². The van der Waals surface area contributed by atoms with Crippen molar-refractivity contribution in [3.63, 3.8) is 0 Å². The van der Waals surface area contributed by atoms with Crippen LogP contribution < -0.4 is 5.32 Å². The summed E-state index contributed by atoms with van der Waals surface area (Å²) in [6.07, 6.45) is 1.30. The van der Waals surface area contributed by atoms with Crippen LogP contribution in [-0.4, -0.2) is 35.3 Å². The number of nitrogens with one attached hydrogen (secondary N) is 1. The third kappa shape index (κ3) is 2.97. The van der Waals surface area contributed by atoms with Crippen molar-refractivity contribution in [1.29, 1.82) is 0 Å². The zero-order chi connectivity index (χ0) is 12.3. The Bertz CT molecular complexity index is 276. The molecule has 0 aromatic heterocycles. The predicted octanol–water partition coefficient (Wildman–Crippen LogP) is 1.16. The van der Waals surface area contributed by atoms with Gasteiger partial charge in [0.05, 0.1) is 5.92 Å². The molecule has 4 heteroatoms. The van der Waals surface area contributed by atoms with Crippen molar-refractivity contribution in [2.45, 2.75) is 52.6 Å². The quantitative estimate of drug-likeness (QED) is 0.782. The number of hydrogen-bond donors (Lipinski definition) is 1. The maximum absolute atomic E-state index is 11.8. The zero-order valence-corrected chi connectivity index (χ0v) is 10.6. The second kappa shape index (κ2) is 5.32. The number of hydrogen-bond acceptors (Lipinski definition) is 2. The van der Waals surface area contributed by atoms with E-state index in [1.807, 2.05) is 25.7 Å². The molecule has 2 atom stereocenters. The predicted molar refractivity (Wildman–Crippen MR) is 62.9 cm³/mol. The summed E-state index contributed by atoms with van der Waals surface area (Å²) in [7, 11) is 0. The Balaban J connectivity index is 2.56. The fourth-order valence-electron chi connectivity index (χ4n) is 1.96. The fourth-order valence-corrected chi connectivity index (χ4v) is 1.96. The third-order valence-corrected chi connectivity index (χ3v) is 3.08. The lowest BCUT2D eigenvalue weighted by Crippen LogP contribution is -2.38. The summed E-state index contributed by atoms with van der Waals surface area (Å²) in [4.78, 5) is 25.3. The van der Waals surface area contributed by atoms with Gasteiger partial charge < -0.3 is 10.2 Å². The lowest BCUT2D eigenvalue weighted by molar-refractivity contribution is -0.130. The van der Waals surface area contributed by atoms with Gasteiger partial charge in [0.25, 0.3) is 0 Å². The molecule has 0 bridgehead atoms. The number of likely N-dealkylation sites (tertiary alicyclic amines) is 1. The molecule has 0 spiro atoms. The molecule has 92 valence electrons. The van der Waals surface area contributed by atoms with E-state index in [-0.39, 0.29) is 29.8 Å². The Morgan fingerprint density at radius 1 is 1.50 bits per heavy atom. The SMILES string of the molecule is CCC(C)N1CC(C(=O)NC(C)C)CC1=O. The van der Waals surface area contributed by atoms with Crippen LogP contribution in [0.3, 0.4) is 0 Å². The monoisotopic (exact) mass is 226 g/mol.